The summed E-state index contributed by atoms with van der Waals surface area (Å²) in [6.45, 7) is 1.98. The number of ether oxygens (including phenoxy) is 2. The molecule has 0 fully saturated rings. The minimum atomic E-state index is 0.420. The second kappa shape index (κ2) is 5.52. The van der Waals surface area contributed by atoms with Gasteiger partial charge in [0.1, 0.15) is 11.5 Å². The van der Waals surface area contributed by atoms with Gasteiger partial charge >= 0.3 is 0 Å². The number of hydrogen-bond donors (Lipinski definition) is 0. The Labute approximate surface area is 94.0 Å². The Morgan fingerprint density at radius 3 is 2.60 bits per heavy atom. The first kappa shape index (κ1) is 11.7. The number of rotatable bonds is 4. The SMILES string of the molecule is COc1cc(C)c(SCC#N)c(OC)c1. The first-order valence-corrected chi connectivity index (χ1v) is 5.44. The Kier molecular flexibility index (Phi) is 4.32. The van der Waals surface area contributed by atoms with E-state index in [0.717, 1.165) is 22.0 Å². The van der Waals surface area contributed by atoms with Gasteiger partial charge in [-0.3, -0.25) is 0 Å². The average molecular weight is 223 g/mol. The number of hydrogen-bond acceptors (Lipinski definition) is 4. The number of methoxy groups -OCH3 is 2. The fourth-order valence-electron chi connectivity index (χ4n) is 1.27. The van der Waals surface area contributed by atoms with E-state index in [2.05, 4.69) is 6.07 Å². The number of nitriles is 1. The van der Waals surface area contributed by atoms with E-state index < -0.39 is 0 Å². The van der Waals surface area contributed by atoms with Crippen LogP contribution in [0.1, 0.15) is 5.56 Å². The summed E-state index contributed by atoms with van der Waals surface area (Å²) < 4.78 is 10.4. The molecular weight excluding hydrogens is 210 g/mol. The van der Waals surface area contributed by atoms with Gasteiger partial charge < -0.3 is 9.47 Å². The van der Waals surface area contributed by atoms with Gasteiger partial charge in [-0.05, 0) is 18.6 Å². The van der Waals surface area contributed by atoms with Crippen LogP contribution < -0.4 is 9.47 Å². The molecule has 15 heavy (non-hydrogen) atoms. The van der Waals surface area contributed by atoms with Gasteiger partial charge in [-0.25, -0.2) is 0 Å². The van der Waals surface area contributed by atoms with E-state index in [1.165, 1.54) is 11.8 Å². The fraction of sp³-hybridized carbons (Fsp3) is 0.364. The van der Waals surface area contributed by atoms with Gasteiger partial charge in [0.25, 0.3) is 0 Å². The Hall–Kier alpha value is -1.34. The van der Waals surface area contributed by atoms with Crippen LogP contribution in [0.5, 0.6) is 11.5 Å². The summed E-state index contributed by atoms with van der Waals surface area (Å²) in [6, 6.07) is 5.86. The molecular formula is C11H13NO2S. The molecule has 80 valence electrons. The Morgan fingerprint density at radius 1 is 1.33 bits per heavy atom. The molecule has 0 atom stereocenters. The van der Waals surface area contributed by atoms with Crippen molar-refractivity contribution in [2.45, 2.75) is 11.8 Å². The molecule has 1 aromatic carbocycles. The number of nitrogens with zero attached hydrogens (tertiary/aromatic N) is 1. The highest BCUT2D eigenvalue weighted by molar-refractivity contribution is 7.99. The van der Waals surface area contributed by atoms with Gasteiger partial charge in [-0.15, -0.1) is 11.8 Å². The normalized spacial score (nSPS) is 9.47. The fourth-order valence-corrected chi connectivity index (χ4v) is 2.05. The zero-order valence-corrected chi connectivity index (χ0v) is 9.85. The van der Waals surface area contributed by atoms with Crippen molar-refractivity contribution >= 4 is 11.8 Å². The van der Waals surface area contributed by atoms with Crippen molar-refractivity contribution in [2.75, 3.05) is 20.0 Å². The monoisotopic (exact) mass is 223 g/mol. The molecule has 0 N–H and O–H groups in total. The number of aryl methyl sites for hydroxylation is 1. The minimum absolute atomic E-state index is 0.420. The maximum Gasteiger partial charge on any atom is 0.136 e. The summed E-state index contributed by atoms with van der Waals surface area (Å²) in [5, 5.41) is 8.55. The molecule has 4 heteroatoms. The largest absolute Gasteiger partial charge is 0.497 e. The maximum absolute atomic E-state index is 8.55. The molecule has 0 aliphatic carbocycles. The molecule has 0 saturated carbocycles. The Balaban J connectivity index is 3.08. The number of benzene rings is 1. The summed E-state index contributed by atoms with van der Waals surface area (Å²) in [6.07, 6.45) is 0. The predicted octanol–water partition coefficient (Wildman–Crippen LogP) is 2.63. The quantitative estimate of drug-likeness (QED) is 0.736. The predicted molar refractivity (Wildman–Crippen MR) is 60.6 cm³/mol. The summed E-state index contributed by atoms with van der Waals surface area (Å²) in [4.78, 5) is 1.000. The summed E-state index contributed by atoms with van der Waals surface area (Å²) in [7, 11) is 3.24. The topological polar surface area (TPSA) is 42.2 Å². The van der Waals surface area contributed by atoms with Crippen LogP contribution in [0.4, 0.5) is 0 Å². The summed E-state index contributed by atoms with van der Waals surface area (Å²) in [5.74, 6) is 1.95. The van der Waals surface area contributed by atoms with Crippen molar-refractivity contribution < 1.29 is 9.47 Å². The average Bonchev–Trinajstić information content (AvgIpc) is 2.26. The van der Waals surface area contributed by atoms with E-state index >= 15 is 0 Å². The van der Waals surface area contributed by atoms with Gasteiger partial charge in [-0.2, -0.15) is 5.26 Å². The second-order valence-electron chi connectivity index (χ2n) is 2.92. The van der Waals surface area contributed by atoms with Gasteiger partial charge in [0.15, 0.2) is 0 Å². The van der Waals surface area contributed by atoms with Crippen LogP contribution >= 0.6 is 11.8 Å². The van der Waals surface area contributed by atoms with Gasteiger partial charge in [0, 0.05) is 6.07 Å². The highest BCUT2D eigenvalue weighted by Crippen LogP contribution is 2.35. The summed E-state index contributed by atoms with van der Waals surface area (Å²) >= 11 is 1.48. The zero-order valence-electron chi connectivity index (χ0n) is 9.03. The van der Waals surface area contributed by atoms with Crippen LogP contribution in [0.3, 0.4) is 0 Å². The van der Waals surface area contributed by atoms with E-state index in [-0.39, 0.29) is 0 Å². The van der Waals surface area contributed by atoms with Crippen LogP contribution in [0, 0.1) is 18.3 Å². The van der Waals surface area contributed by atoms with Crippen molar-refractivity contribution in [1.82, 2.24) is 0 Å². The lowest BCUT2D eigenvalue weighted by Gasteiger charge is -2.11. The van der Waals surface area contributed by atoms with Crippen molar-refractivity contribution in [2.24, 2.45) is 0 Å². The van der Waals surface area contributed by atoms with Crippen LogP contribution in [0.15, 0.2) is 17.0 Å². The van der Waals surface area contributed by atoms with E-state index in [4.69, 9.17) is 14.7 Å². The molecule has 0 bridgehead atoms. The Bertz CT molecular complexity index is 385. The number of thioether (sulfide) groups is 1. The van der Waals surface area contributed by atoms with Crippen molar-refractivity contribution in [1.29, 1.82) is 5.26 Å². The Morgan fingerprint density at radius 2 is 2.07 bits per heavy atom. The molecule has 0 unspecified atom stereocenters. The van der Waals surface area contributed by atoms with Gasteiger partial charge in [0.05, 0.1) is 30.9 Å². The highest BCUT2D eigenvalue weighted by Gasteiger charge is 2.09. The van der Waals surface area contributed by atoms with Crippen LogP contribution in [0.25, 0.3) is 0 Å². The van der Waals surface area contributed by atoms with Crippen LogP contribution in [-0.2, 0) is 0 Å². The van der Waals surface area contributed by atoms with Crippen molar-refractivity contribution in [3.8, 4) is 17.6 Å². The van der Waals surface area contributed by atoms with Crippen LogP contribution in [-0.4, -0.2) is 20.0 Å². The molecule has 3 nitrogen and oxygen atoms in total. The third-order valence-corrected chi connectivity index (χ3v) is 3.04. The molecule has 0 heterocycles. The third kappa shape index (κ3) is 2.80. The van der Waals surface area contributed by atoms with Crippen molar-refractivity contribution in [3.05, 3.63) is 17.7 Å². The lowest BCUT2D eigenvalue weighted by molar-refractivity contribution is 0.386. The maximum atomic E-state index is 8.55. The first-order valence-electron chi connectivity index (χ1n) is 4.45. The molecule has 0 spiro atoms. The first-order chi connectivity index (χ1) is 7.22. The molecule has 0 amide bonds. The van der Waals surface area contributed by atoms with E-state index in [1.54, 1.807) is 14.2 Å². The highest BCUT2D eigenvalue weighted by atomic mass is 32.2. The van der Waals surface area contributed by atoms with E-state index in [1.807, 2.05) is 19.1 Å². The van der Waals surface area contributed by atoms with Gasteiger partial charge in [0.2, 0.25) is 0 Å². The molecule has 0 aromatic heterocycles. The molecule has 0 aliphatic rings. The minimum Gasteiger partial charge on any atom is -0.497 e. The lowest BCUT2D eigenvalue weighted by Crippen LogP contribution is -1.92. The molecule has 1 rings (SSSR count). The molecule has 0 aliphatic heterocycles. The zero-order chi connectivity index (χ0) is 11.3. The van der Waals surface area contributed by atoms with Gasteiger partial charge in [-0.1, -0.05) is 0 Å². The third-order valence-electron chi connectivity index (χ3n) is 1.95. The van der Waals surface area contributed by atoms with E-state index in [0.29, 0.717) is 5.75 Å². The smallest absolute Gasteiger partial charge is 0.136 e. The molecule has 0 radical (unpaired) electrons. The molecule has 1 aromatic rings. The van der Waals surface area contributed by atoms with Crippen LogP contribution in [0.2, 0.25) is 0 Å². The summed E-state index contributed by atoms with van der Waals surface area (Å²) in [5.41, 5.74) is 1.06. The molecule has 0 saturated heterocycles. The lowest BCUT2D eigenvalue weighted by atomic mass is 10.2. The van der Waals surface area contributed by atoms with Crippen molar-refractivity contribution in [3.63, 3.8) is 0 Å². The second-order valence-corrected chi connectivity index (χ2v) is 3.91. The standard InChI is InChI=1S/C11H13NO2S/c1-8-6-9(13-2)7-10(14-3)11(8)15-5-4-12/h6-7H,5H2,1-3H3. The van der Waals surface area contributed by atoms with E-state index in [9.17, 15) is 0 Å².